The number of hydrogen-bond donors (Lipinski definition) is 1. The summed E-state index contributed by atoms with van der Waals surface area (Å²) in [6.07, 6.45) is -2.11. The SMILES string of the molecule is CCCC[S+]([O-])N[C@H](c1cc(=O)n(C)cc1Br)C(F)(F)F. The molecule has 1 aromatic rings. The molecule has 1 aromatic heterocycles. The fourth-order valence-corrected chi connectivity index (χ4v) is 3.45. The molecule has 0 saturated heterocycles. The number of rotatable bonds is 6. The van der Waals surface area contributed by atoms with E-state index in [2.05, 4.69) is 20.7 Å². The molecule has 0 saturated carbocycles. The molecule has 0 amide bonds. The normalized spacial score (nSPS) is 15.0. The molecule has 1 rings (SSSR count). The highest BCUT2D eigenvalue weighted by molar-refractivity contribution is 9.10. The molecule has 120 valence electrons. The van der Waals surface area contributed by atoms with Crippen molar-refractivity contribution in [3.63, 3.8) is 0 Å². The molecule has 9 heteroatoms. The first-order chi connectivity index (χ1) is 9.66. The number of nitrogens with one attached hydrogen (secondary N) is 1. The van der Waals surface area contributed by atoms with Crippen LogP contribution in [-0.4, -0.2) is 21.0 Å². The second kappa shape index (κ2) is 7.66. The average Bonchev–Trinajstić information content (AvgIpc) is 2.37. The quantitative estimate of drug-likeness (QED) is 0.762. The van der Waals surface area contributed by atoms with E-state index in [1.54, 1.807) is 0 Å². The van der Waals surface area contributed by atoms with Crippen molar-refractivity contribution in [2.24, 2.45) is 7.05 Å². The van der Waals surface area contributed by atoms with Gasteiger partial charge in [-0.25, -0.2) is 0 Å². The molecular weight excluding hydrogens is 373 g/mol. The van der Waals surface area contributed by atoms with Crippen LogP contribution in [0.5, 0.6) is 0 Å². The van der Waals surface area contributed by atoms with E-state index in [0.29, 0.717) is 6.42 Å². The van der Waals surface area contributed by atoms with E-state index < -0.39 is 29.1 Å². The lowest BCUT2D eigenvalue weighted by molar-refractivity contribution is -0.153. The minimum atomic E-state index is -4.66. The number of halogens is 4. The van der Waals surface area contributed by atoms with Gasteiger partial charge in [0.1, 0.15) is 5.75 Å². The highest BCUT2D eigenvalue weighted by Gasteiger charge is 2.44. The molecule has 1 N–H and O–H groups in total. The monoisotopic (exact) mass is 388 g/mol. The first-order valence-electron chi connectivity index (χ1n) is 6.24. The van der Waals surface area contributed by atoms with Crippen LogP contribution in [0.1, 0.15) is 31.4 Å². The highest BCUT2D eigenvalue weighted by Crippen LogP contribution is 2.36. The van der Waals surface area contributed by atoms with Crippen molar-refractivity contribution in [2.45, 2.75) is 32.0 Å². The van der Waals surface area contributed by atoms with Gasteiger partial charge in [0.25, 0.3) is 5.56 Å². The largest absolute Gasteiger partial charge is 0.598 e. The standard InChI is InChI=1S/C12H16BrF3N2O2S/c1-3-4-5-21(20)17-11(12(14,15)16)8-6-10(19)18(2)7-9(8)13/h6-7,11,17H,3-5H2,1-2H3/t11-,21?/m1/s1. The maximum Gasteiger partial charge on any atom is 0.412 e. The van der Waals surface area contributed by atoms with Crippen LogP contribution in [0.15, 0.2) is 21.5 Å². The van der Waals surface area contributed by atoms with Gasteiger partial charge in [-0.3, -0.25) is 4.79 Å². The van der Waals surface area contributed by atoms with Gasteiger partial charge in [-0.05, 0) is 22.4 Å². The van der Waals surface area contributed by atoms with E-state index in [1.165, 1.54) is 13.2 Å². The Morgan fingerprint density at radius 2 is 2.14 bits per heavy atom. The Hall–Kier alpha value is -0.510. The minimum Gasteiger partial charge on any atom is -0.598 e. The van der Waals surface area contributed by atoms with Crippen LogP contribution in [0.4, 0.5) is 13.2 Å². The third kappa shape index (κ3) is 5.32. The van der Waals surface area contributed by atoms with Crippen molar-refractivity contribution in [1.29, 1.82) is 0 Å². The topological polar surface area (TPSA) is 57.1 Å². The molecule has 0 aromatic carbocycles. The van der Waals surface area contributed by atoms with Crippen molar-refractivity contribution >= 4 is 27.3 Å². The molecule has 1 heterocycles. The van der Waals surface area contributed by atoms with Gasteiger partial charge >= 0.3 is 6.18 Å². The van der Waals surface area contributed by atoms with Crippen molar-refractivity contribution in [2.75, 3.05) is 5.75 Å². The second-order valence-corrected chi connectivity index (χ2v) is 6.71. The van der Waals surface area contributed by atoms with Gasteiger partial charge in [0.2, 0.25) is 0 Å². The van der Waals surface area contributed by atoms with Crippen LogP contribution in [0, 0.1) is 0 Å². The summed E-state index contributed by atoms with van der Waals surface area (Å²) in [6, 6.07) is -1.26. The molecule has 21 heavy (non-hydrogen) atoms. The van der Waals surface area contributed by atoms with Crippen LogP contribution in [0.3, 0.4) is 0 Å². The molecule has 0 aliphatic carbocycles. The number of hydrogen-bond acceptors (Lipinski definition) is 3. The van der Waals surface area contributed by atoms with Crippen molar-refractivity contribution < 1.29 is 17.7 Å². The fraction of sp³-hybridized carbons (Fsp3) is 0.583. The zero-order valence-corrected chi connectivity index (χ0v) is 13.9. The van der Waals surface area contributed by atoms with Crippen LogP contribution < -0.4 is 10.3 Å². The van der Waals surface area contributed by atoms with E-state index in [1.807, 2.05) is 6.92 Å². The van der Waals surface area contributed by atoms with Crippen LogP contribution >= 0.6 is 15.9 Å². The average molecular weight is 389 g/mol. The Labute approximate surface area is 132 Å². The van der Waals surface area contributed by atoms with Crippen LogP contribution in [0.2, 0.25) is 0 Å². The summed E-state index contributed by atoms with van der Waals surface area (Å²) < 4.78 is 54.6. The molecule has 4 nitrogen and oxygen atoms in total. The lowest BCUT2D eigenvalue weighted by atomic mass is 10.1. The first kappa shape index (κ1) is 18.5. The van der Waals surface area contributed by atoms with E-state index in [-0.39, 0.29) is 15.8 Å². The summed E-state index contributed by atoms with van der Waals surface area (Å²) in [4.78, 5) is 11.6. The summed E-state index contributed by atoms with van der Waals surface area (Å²) >= 11 is 1.20. The zero-order valence-electron chi connectivity index (χ0n) is 11.5. The van der Waals surface area contributed by atoms with E-state index in [0.717, 1.165) is 17.1 Å². The summed E-state index contributed by atoms with van der Waals surface area (Å²) in [5, 5.41) is 0. The maximum atomic E-state index is 13.2. The number of aryl methyl sites for hydroxylation is 1. The summed E-state index contributed by atoms with van der Waals surface area (Å²) in [5.74, 6) is 0.130. The number of nitrogens with zero attached hydrogens (tertiary/aromatic N) is 1. The third-order valence-corrected chi connectivity index (χ3v) is 4.60. The van der Waals surface area contributed by atoms with Crippen molar-refractivity contribution in [1.82, 2.24) is 9.29 Å². The van der Waals surface area contributed by atoms with Gasteiger partial charge in [-0.2, -0.15) is 13.2 Å². The third-order valence-electron chi connectivity index (χ3n) is 2.78. The molecule has 1 unspecified atom stereocenters. The lowest BCUT2D eigenvalue weighted by Gasteiger charge is -2.23. The zero-order chi connectivity index (χ0) is 16.2. The van der Waals surface area contributed by atoms with E-state index in [4.69, 9.17) is 0 Å². The summed E-state index contributed by atoms with van der Waals surface area (Å²) in [5.41, 5.74) is -0.834. The fourth-order valence-electron chi connectivity index (χ4n) is 1.61. The molecule has 0 aliphatic heterocycles. The predicted octanol–water partition coefficient (Wildman–Crippen LogP) is 2.80. The molecular formula is C12H16BrF3N2O2S. The van der Waals surface area contributed by atoms with E-state index in [9.17, 15) is 22.5 Å². The first-order valence-corrected chi connectivity index (χ1v) is 8.35. The Bertz CT molecular complexity index is 536. The summed E-state index contributed by atoms with van der Waals surface area (Å²) in [6.45, 7) is 1.86. The van der Waals surface area contributed by atoms with E-state index >= 15 is 0 Å². The van der Waals surface area contributed by atoms with Gasteiger partial charge in [-0.15, -0.1) is 4.72 Å². The van der Waals surface area contributed by atoms with Gasteiger partial charge in [0.05, 0.1) is 0 Å². The number of pyridine rings is 1. The smallest absolute Gasteiger partial charge is 0.412 e. The van der Waals surface area contributed by atoms with Crippen molar-refractivity contribution in [3.05, 3.63) is 32.7 Å². The molecule has 0 bridgehead atoms. The second-order valence-electron chi connectivity index (χ2n) is 4.52. The molecule has 0 fully saturated rings. The molecule has 0 spiro atoms. The Morgan fingerprint density at radius 1 is 1.52 bits per heavy atom. The van der Waals surface area contributed by atoms with Gasteiger partial charge in [-0.1, -0.05) is 13.3 Å². The predicted molar refractivity (Wildman–Crippen MR) is 79.2 cm³/mol. The van der Waals surface area contributed by atoms with Gasteiger partial charge < -0.3 is 9.12 Å². The lowest BCUT2D eigenvalue weighted by Crippen LogP contribution is -2.40. The highest BCUT2D eigenvalue weighted by atomic mass is 79.9. The molecule has 0 aliphatic rings. The Kier molecular flexibility index (Phi) is 6.76. The van der Waals surface area contributed by atoms with Crippen LogP contribution in [-0.2, 0) is 18.4 Å². The number of aromatic nitrogens is 1. The van der Waals surface area contributed by atoms with Crippen LogP contribution in [0.25, 0.3) is 0 Å². The van der Waals surface area contributed by atoms with Gasteiger partial charge in [0.15, 0.2) is 6.04 Å². The number of unbranched alkanes of at least 4 members (excludes halogenated alkanes) is 1. The summed E-state index contributed by atoms with van der Waals surface area (Å²) in [7, 11) is 1.44. The maximum absolute atomic E-state index is 13.2. The van der Waals surface area contributed by atoms with Gasteiger partial charge in [0, 0.05) is 40.7 Å². The minimum absolute atomic E-state index is 0.130. The Morgan fingerprint density at radius 3 is 2.67 bits per heavy atom. The molecule has 2 atom stereocenters. The Balaban J connectivity index is 3.09. The number of alkyl halides is 3. The van der Waals surface area contributed by atoms with Crippen molar-refractivity contribution in [3.8, 4) is 0 Å². The molecule has 0 radical (unpaired) electrons.